The zero-order valence-electron chi connectivity index (χ0n) is 12.2. The van der Waals surface area contributed by atoms with E-state index >= 15 is 0 Å². The summed E-state index contributed by atoms with van der Waals surface area (Å²) in [6.45, 7) is 0.914. The van der Waals surface area contributed by atoms with Crippen LogP contribution < -0.4 is 10.6 Å². The van der Waals surface area contributed by atoms with Crippen LogP contribution in [-0.4, -0.2) is 25.6 Å². The lowest BCUT2D eigenvalue weighted by Gasteiger charge is -2.16. The molecule has 0 aromatic heterocycles. The van der Waals surface area contributed by atoms with Gasteiger partial charge >= 0.3 is 0 Å². The summed E-state index contributed by atoms with van der Waals surface area (Å²) in [5.74, 6) is 0.927. The average Bonchev–Trinajstić information content (AvgIpc) is 2.97. The van der Waals surface area contributed by atoms with Gasteiger partial charge in [0.15, 0.2) is 5.96 Å². The Labute approximate surface area is 126 Å². The minimum atomic E-state index is 0.602. The molecule has 1 aromatic carbocycles. The molecular weight excluding hydrogens is 270 g/mol. The van der Waals surface area contributed by atoms with Crippen molar-refractivity contribution in [3.63, 3.8) is 0 Å². The Balaban J connectivity index is 1.67. The number of benzene rings is 1. The van der Waals surface area contributed by atoms with Crippen molar-refractivity contribution in [2.24, 2.45) is 4.99 Å². The maximum absolute atomic E-state index is 6.15. The number of nitrogens with zero attached hydrogens (tertiary/aromatic N) is 1. The normalized spacial score (nSPS) is 16.4. The smallest absolute Gasteiger partial charge is 0.191 e. The first-order valence-corrected chi connectivity index (χ1v) is 7.88. The fourth-order valence-corrected chi connectivity index (χ4v) is 2.88. The Morgan fingerprint density at radius 2 is 2.05 bits per heavy atom. The van der Waals surface area contributed by atoms with Crippen molar-refractivity contribution in [1.29, 1.82) is 0 Å². The van der Waals surface area contributed by atoms with Gasteiger partial charge in [0.25, 0.3) is 0 Å². The highest BCUT2D eigenvalue weighted by Gasteiger charge is 2.15. The zero-order chi connectivity index (χ0) is 14.2. The molecule has 20 heavy (non-hydrogen) atoms. The van der Waals surface area contributed by atoms with Crippen molar-refractivity contribution in [2.45, 2.75) is 44.6 Å². The third kappa shape index (κ3) is 4.71. The standard InChI is InChI=1S/C16H24ClN3/c1-18-16(20-14-9-3-4-10-14)19-12-6-8-13-7-2-5-11-15(13)17/h2,5,7,11,14H,3-4,6,8-10,12H2,1H3,(H2,18,19,20). The molecule has 1 saturated carbocycles. The van der Waals surface area contributed by atoms with Crippen LogP contribution in [0.15, 0.2) is 29.3 Å². The van der Waals surface area contributed by atoms with Crippen LogP contribution in [0.25, 0.3) is 0 Å². The molecular formula is C16H24ClN3. The van der Waals surface area contributed by atoms with Crippen LogP contribution >= 0.6 is 11.6 Å². The lowest BCUT2D eigenvalue weighted by atomic mass is 10.1. The van der Waals surface area contributed by atoms with Crippen molar-refractivity contribution >= 4 is 17.6 Å². The molecule has 4 heteroatoms. The average molecular weight is 294 g/mol. The molecule has 1 aliphatic rings. The summed E-state index contributed by atoms with van der Waals surface area (Å²) in [5, 5.41) is 7.73. The van der Waals surface area contributed by atoms with Gasteiger partial charge in [0.2, 0.25) is 0 Å². The van der Waals surface area contributed by atoms with Gasteiger partial charge in [0.1, 0.15) is 0 Å². The Morgan fingerprint density at radius 1 is 1.30 bits per heavy atom. The lowest BCUT2D eigenvalue weighted by molar-refractivity contribution is 0.610. The monoisotopic (exact) mass is 293 g/mol. The van der Waals surface area contributed by atoms with E-state index in [4.69, 9.17) is 11.6 Å². The van der Waals surface area contributed by atoms with Gasteiger partial charge in [-0.15, -0.1) is 0 Å². The molecule has 1 aliphatic carbocycles. The molecule has 3 nitrogen and oxygen atoms in total. The van der Waals surface area contributed by atoms with Crippen LogP contribution in [0.1, 0.15) is 37.7 Å². The maximum atomic E-state index is 6.15. The van der Waals surface area contributed by atoms with Crippen molar-refractivity contribution in [3.8, 4) is 0 Å². The first kappa shape index (κ1) is 15.2. The summed E-state index contributed by atoms with van der Waals surface area (Å²) in [7, 11) is 1.83. The van der Waals surface area contributed by atoms with Gasteiger partial charge < -0.3 is 10.6 Å². The molecule has 0 spiro atoms. The topological polar surface area (TPSA) is 36.4 Å². The van der Waals surface area contributed by atoms with Crippen molar-refractivity contribution in [3.05, 3.63) is 34.9 Å². The molecule has 0 saturated heterocycles. The van der Waals surface area contributed by atoms with E-state index < -0.39 is 0 Å². The van der Waals surface area contributed by atoms with Gasteiger partial charge in [0, 0.05) is 24.7 Å². The van der Waals surface area contributed by atoms with Gasteiger partial charge in [0.05, 0.1) is 0 Å². The van der Waals surface area contributed by atoms with E-state index in [1.165, 1.54) is 31.2 Å². The second-order valence-corrected chi connectivity index (χ2v) is 5.73. The summed E-state index contributed by atoms with van der Waals surface area (Å²) >= 11 is 6.15. The molecule has 110 valence electrons. The minimum absolute atomic E-state index is 0.602. The van der Waals surface area contributed by atoms with E-state index in [1.807, 2.05) is 25.2 Å². The second kappa shape index (κ2) is 8.15. The number of nitrogens with one attached hydrogen (secondary N) is 2. The van der Waals surface area contributed by atoms with Crippen LogP contribution in [0.4, 0.5) is 0 Å². The number of aliphatic imine (C=N–C) groups is 1. The van der Waals surface area contributed by atoms with Crippen LogP contribution in [0.5, 0.6) is 0 Å². The lowest BCUT2D eigenvalue weighted by Crippen LogP contribution is -2.42. The first-order valence-electron chi connectivity index (χ1n) is 7.50. The predicted molar refractivity (Wildman–Crippen MR) is 86.5 cm³/mol. The number of guanidine groups is 1. The van der Waals surface area contributed by atoms with Crippen LogP contribution in [-0.2, 0) is 6.42 Å². The largest absolute Gasteiger partial charge is 0.356 e. The maximum Gasteiger partial charge on any atom is 0.191 e. The van der Waals surface area contributed by atoms with Crippen molar-refractivity contribution in [2.75, 3.05) is 13.6 Å². The highest BCUT2D eigenvalue weighted by Crippen LogP contribution is 2.17. The molecule has 2 N–H and O–H groups in total. The summed E-state index contributed by atoms with van der Waals surface area (Å²) in [4.78, 5) is 4.28. The zero-order valence-corrected chi connectivity index (χ0v) is 12.9. The number of halogens is 1. The summed E-state index contributed by atoms with van der Waals surface area (Å²) < 4.78 is 0. The molecule has 2 rings (SSSR count). The van der Waals surface area contributed by atoms with E-state index in [2.05, 4.69) is 21.7 Å². The highest BCUT2D eigenvalue weighted by molar-refractivity contribution is 6.31. The Kier molecular flexibility index (Phi) is 6.19. The predicted octanol–water partition coefficient (Wildman–Crippen LogP) is 3.38. The Hall–Kier alpha value is -1.22. The van der Waals surface area contributed by atoms with Crippen LogP contribution in [0.2, 0.25) is 5.02 Å². The van der Waals surface area contributed by atoms with Crippen molar-refractivity contribution < 1.29 is 0 Å². The Bertz CT molecular complexity index is 439. The summed E-state index contributed by atoms with van der Waals surface area (Å²) in [6, 6.07) is 8.65. The number of hydrogen-bond acceptors (Lipinski definition) is 1. The van der Waals surface area contributed by atoms with E-state index in [1.54, 1.807) is 0 Å². The Morgan fingerprint density at radius 3 is 2.75 bits per heavy atom. The number of rotatable bonds is 5. The van der Waals surface area contributed by atoms with Crippen LogP contribution in [0.3, 0.4) is 0 Å². The van der Waals surface area contributed by atoms with E-state index in [0.717, 1.165) is 30.4 Å². The van der Waals surface area contributed by atoms with Gasteiger partial charge in [-0.2, -0.15) is 0 Å². The molecule has 0 radical (unpaired) electrons. The van der Waals surface area contributed by atoms with Crippen molar-refractivity contribution in [1.82, 2.24) is 10.6 Å². The molecule has 0 bridgehead atoms. The van der Waals surface area contributed by atoms with Crippen LogP contribution in [0, 0.1) is 0 Å². The first-order chi connectivity index (χ1) is 9.79. The molecule has 0 amide bonds. The molecule has 0 heterocycles. The molecule has 1 aromatic rings. The second-order valence-electron chi connectivity index (χ2n) is 5.32. The molecule has 1 fully saturated rings. The van der Waals surface area contributed by atoms with Gasteiger partial charge in [-0.1, -0.05) is 42.6 Å². The SMILES string of the molecule is CN=C(NCCCc1ccccc1Cl)NC1CCCC1. The van der Waals surface area contributed by atoms with Gasteiger partial charge in [-0.3, -0.25) is 4.99 Å². The quantitative estimate of drug-likeness (QED) is 0.496. The molecule has 0 aliphatic heterocycles. The third-order valence-corrected chi connectivity index (χ3v) is 4.16. The fraction of sp³-hybridized carbons (Fsp3) is 0.562. The molecule has 0 unspecified atom stereocenters. The summed E-state index contributed by atoms with van der Waals surface area (Å²) in [5.41, 5.74) is 1.22. The van der Waals surface area contributed by atoms with E-state index in [9.17, 15) is 0 Å². The highest BCUT2D eigenvalue weighted by atomic mass is 35.5. The van der Waals surface area contributed by atoms with E-state index in [-0.39, 0.29) is 0 Å². The minimum Gasteiger partial charge on any atom is -0.356 e. The summed E-state index contributed by atoms with van der Waals surface area (Å²) in [6.07, 6.45) is 7.24. The fourth-order valence-electron chi connectivity index (χ4n) is 2.64. The van der Waals surface area contributed by atoms with Gasteiger partial charge in [-0.05, 0) is 37.3 Å². The van der Waals surface area contributed by atoms with E-state index in [0.29, 0.717) is 6.04 Å². The van der Waals surface area contributed by atoms with Gasteiger partial charge in [-0.25, -0.2) is 0 Å². The number of hydrogen-bond donors (Lipinski definition) is 2. The molecule has 0 atom stereocenters. The third-order valence-electron chi connectivity index (χ3n) is 3.79. The number of aryl methyl sites for hydroxylation is 1.